The molecule has 0 bridgehead atoms. The summed E-state index contributed by atoms with van der Waals surface area (Å²) in [5, 5.41) is 0. The number of likely N-dealkylation sites (tertiary alicyclic amines) is 1. The topological polar surface area (TPSA) is 48.0 Å². The average Bonchev–Trinajstić information content (AvgIpc) is 2.55. The summed E-state index contributed by atoms with van der Waals surface area (Å²) in [5.41, 5.74) is 0.835. The first kappa shape index (κ1) is 16.6. The predicted octanol–water partition coefficient (Wildman–Crippen LogP) is 2.31. The third-order valence-electron chi connectivity index (χ3n) is 4.02. The van der Waals surface area contributed by atoms with Gasteiger partial charge in [0.25, 0.3) is 0 Å². The van der Waals surface area contributed by atoms with Crippen molar-refractivity contribution in [3.63, 3.8) is 0 Å². The van der Waals surface area contributed by atoms with Gasteiger partial charge >= 0.3 is 0 Å². The van der Waals surface area contributed by atoms with E-state index >= 15 is 0 Å². The summed E-state index contributed by atoms with van der Waals surface area (Å²) in [6, 6.07) is 3.68. The van der Waals surface area contributed by atoms with Gasteiger partial charge in [-0.15, -0.1) is 0 Å². The molecule has 0 spiro atoms. The van der Waals surface area contributed by atoms with E-state index in [1.54, 1.807) is 21.3 Å². The van der Waals surface area contributed by atoms with Gasteiger partial charge in [-0.25, -0.2) is 0 Å². The van der Waals surface area contributed by atoms with E-state index in [9.17, 15) is 4.79 Å². The molecule has 1 heterocycles. The van der Waals surface area contributed by atoms with Gasteiger partial charge in [-0.2, -0.15) is 0 Å². The molecule has 0 aromatic heterocycles. The van der Waals surface area contributed by atoms with Crippen molar-refractivity contribution < 1.29 is 19.0 Å². The van der Waals surface area contributed by atoms with Crippen molar-refractivity contribution >= 4 is 5.78 Å². The van der Waals surface area contributed by atoms with Crippen molar-refractivity contribution in [3.05, 3.63) is 17.7 Å². The molecule has 0 saturated carbocycles. The highest BCUT2D eigenvalue weighted by molar-refractivity contribution is 5.84. The Kier molecular flexibility index (Phi) is 6.07. The van der Waals surface area contributed by atoms with Crippen molar-refractivity contribution in [2.45, 2.75) is 25.7 Å². The quantitative estimate of drug-likeness (QED) is 0.773. The normalized spacial score (nSPS) is 15.4. The first-order valence-electron chi connectivity index (χ1n) is 7.71. The highest BCUT2D eigenvalue weighted by Gasteiger charge is 2.19. The summed E-state index contributed by atoms with van der Waals surface area (Å²) in [5.74, 6) is 1.92. The molecule has 22 heavy (non-hydrogen) atoms. The fraction of sp³-hybridized carbons (Fsp3) is 0.588. The van der Waals surface area contributed by atoms with E-state index in [1.807, 2.05) is 12.1 Å². The van der Waals surface area contributed by atoms with Crippen LogP contribution in [-0.4, -0.2) is 51.6 Å². The zero-order chi connectivity index (χ0) is 15.9. The third kappa shape index (κ3) is 3.91. The number of hydrogen-bond donors (Lipinski definition) is 0. The molecular formula is C17H25NO4. The molecule has 1 fully saturated rings. The number of hydrogen-bond acceptors (Lipinski definition) is 5. The second kappa shape index (κ2) is 8.03. The Bertz CT molecular complexity index is 510. The molecule has 0 radical (unpaired) electrons. The van der Waals surface area contributed by atoms with Crippen LogP contribution in [0.2, 0.25) is 0 Å². The Morgan fingerprint density at radius 3 is 2.27 bits per heavy atom. The van der Waals surface area contributed by atoms with E-state index in [1.165, 1.54) is 19.3 Å². The number of nitrogens with zero attached hydrogens (tertiary/aromatic N) is 1. The molecule has 122 valence electrons. The van der Waals surface area contributed by atoms with Gasteiger partial charge in [-0.05, 0) is 32.0 Å². The number of carbonyl (C=O) groups excluding carboxylic acids is 1. The van der Waals surface area contributed by atoms with E-state index < -0.39 is 0 Å². The van der Waals surface area contributed by atoms with Gasteiger partial charge in [0.15, 0.2) is 17.3 Å². The summed E-state index contributed by atoms with van der Waals surface area (Å²) >= 11 is 0. The number of rotatable bonds is 7. The first-order chi connectivity index (χ1) is 10.7. The molecule has 1 aliphatic rings. The third-order valence-corrected chi connectivity index (χ3v) is 4.02. The van der Waals surface area contributed by atoms with Crippen molar-refractivity contribution in [2.75, 3.05) is 41.0 Å². The Morgan fingerprint density at radius 1 is 1.00 bits per heavy atom. The lowest BCUT2D eigenvalue weighted by Gasteiger charge is -2.25. The average molecular weight is 307 g/mol. The lowest BCUT2D eigenvalue weighted by Crippen LogP contribution is -2.35. The van der Waals surface area contributed by atoms with Gasteiger partial charge in [-0.1, -0.05) is 12.5 Å². The molecule has 0 N–H and O–H groups in total. The van der Waals surface area contributed by atoms with Crippen LogP contribution in [0.4, 0.5) is 0 Å². The maximum atomic E-state index is 12.3. The van der Waals surface area contributed by atoms with Crippen molar-refractivity contribution in [2.24, 2.45) is 0 Å². The Balaban J connectivity index is 2.09. The summed E-state index contributed by atoms with van der Waals surface area (Å²) in [4.78, 5) is 14.6. The van der Waals surface area contributed by atoms with Gasteiger partial charge < -0.3 is 14.2 Å². The Labute approximate surface area is 132 Å². The van der Waals surface area contributed by atoms with Gasteiger partial charge in [0.1, 0.15) is 0 Å². The van der Waals surface area contributed by atoms with Crippen LogP contribution in [0.5, 0.6) is 17.2 Å². The van der Waals surface area contributed by atoms with Gasteiger partial charge in [0.05, 0.1) is 27.9 Å². The van der Waals surface area contributed by atoms with Crippen LogP contribution in [0.3, 0.4) is 0 Å². The van der Waals surface area contributed by atoms with Gasteiger partial charge in [-0.3, -0.25) is 9.69 Å². The molecule has 0 unspecified atom stereocenters. The fourth-order valence-electron chi connectivity index (χ4n) is 2.94. The van der Waals surface area contributed by atoms with Crippen LogP contribution in [-0.2, 0) is 11.2 Å². The van der Waals surface area contributed by atoms with Crippen molar-refractivity contribution in [3.8, 4) is 17.2 Å². The molecule has 1 aromatic carbocycles. The molecule has 0 aliphatic carbocycles. The monoisotopic (exact) mass is 307 g/mol. The highest BCUT2D eigenvalue weighted by atomic mass is 16.5. The summed E-state index contributed by atoms with van der Waals surface area (Å²) in [6.07, 6.45) is 3.99. The molecular weight excluding hydrogens is 282 g/mol. The number of ketones is 1. The van der Waals surface area contributed by atoms with Crippen LogP contribution in [0, 0.1) is 0 Å². The maximum Gasteiger partial charge on any atom is 0.203 e. The van der Waals surface area contributed by atoms with Gasteiger partial charge in [0.2, 0.25) is 5.75 Å². The second-order valence-electron chi connectivity index (χ2n) is 5.55. The lowest BCUT2D eigenvalue weighted by molar-refractivity contribution is -0.119. The SMILES string of the molecule is COc1ccc(CC(=O)CN2CCCCC2)c(OC)c1OC. The lowest BCUT2D eigenvalue weighted by atomic mass is 10.0. The predicted molar refractivity (Wildman–Crippen MR) is 85.1 cm³/mol. The second-order valence-corrected chi connectivity index (χ2v) is 5.55. The highest BCUT2D eigenvalue weighted by Crippen LogP contribution is 2.39. The number of carbonyl (C=O) groups is 1. The fourth-order valence-corrected chi connectivity index (χ4v) is 2.94. The van der Waals surface area contributed by atoms with E-state index in [0.29, 0.717) is 30.2 Å². The zero-order valence-electron chi connectivity index (χ0n) is 13.7. The summed E-state index contributed by atoms with van der Waals surface area (Å²) < 4.78 is 16.1. The number of ether oxygens (including phenoxy) is 3. The molecule has 5 nitrogen and oxygen atoms in total. The van der Waals surface area contributed by atoms with Crippen LogP contribution in [0.1, 0.15) is 24.8 Å². The van der Waals surface area contributed by atoms with E-state index in [0.717, 1.165) is 18.7 Å². The number of methoxy groups -OCH3 is 3. The zero-order valence-corrected chi connectivity index (χ0v) is 13.7. The summed E-state index contributed by atoms with van der Waals surface area (Å²) in [7, 11) is 4.73. The summed E-state index contributed by atoms with van der Waals surface area (Å²) in [6.45, 7) is 2.56. The van der Waals surface area contributed by atoms with Crippen LogP contribution < -0.4 is 14.2 Å². The maximum absolute atomic E-state index is 12.3. The molecule has 5 heteroatoms. The molecule has 1 aromatic rings. The minimum absolute atomic E-state index is 0.201. The van der Waals surface area contributed by atoms with Gasteiger partial charge in [0, 0.05) is 12.0 Å². The van der Waals surface area contributed by atoms with Crippen LogP contribution >= 0.6 is 0 Å². The van der Waals surface area contributed by atoms with Crippen LogP contribution in [0.15, 0.2) is 12.1 Å². The van der Waals surface area contributed by atoms with Crippen molar-refractivity contribution in [1.29, 1.82) is 0 Å². The molecule has 0 atom stereocenters. The van der Waals surface area contributed by atoms with E-state index in [4.69, 9.17) is 14.2 Å². The van der Waals surface area contributed by atoms with Crippen LogP contribution in [0.25, 0.3) is 0 Å². The smallest absolute Gasteiger partial charge is 0.203 e. The largest absolute Gasteiger partial charge is 0.493 e. The first-order valence-corrected chi connectivity index (χ1v) is 7.71. The standard InChI is InChI=1S/C17H25NO4/c1-20-15-8-7-13(16(21-2)17(15)22-3)11-14(19)12-18-9-5-4-6-10-18/h7-8H,4-6,9-12H2,1-3H3. The molecule has 1 saturated heterocycles. The minimum Gasteiger partial charge on any atom is -0.493 e. The molecule has 0 amide bonds. The minimum atomic E-state index is 0.201. The van der Waals surface area contributed by atoms with E-state index in [-0.39, 0.29) is 5.78 Å². The Morgan fingerprint density at radius 2 is 1.68 bits per heavy atom. The molecule has 2 rings (SSSR count). The van der Waals surface area contributed by atoms with Crippen molar-refractivity contribution in [1.82, 2.24) is 4.90 Å². The molecule has 1 aliphatic heterocycles. The number of benzene rings is 1. The van der Waals surface area contributed by atoms with E-state index in [2.05, 4.69) is 4.90 Å². The number of piperidine rings is 1. The number of Topliss-reactive ketones (excluding diaryl/α,β-unsaturated/α-hetero) is 1. The Hall–Kier alpha value is -1.75.